The van der Waals surface area contributed by atoms with Gasteiger partial charge in [0.1, 0.15) is 0 Å². The SMILES string of the molecule is CCCCCCCCCCCCCCCCCCN1C=CN(CCCCCCCCCC)C1. The number of hydrogen-bond acceptors (Lipinski definition) is 2. The molecule has 0 spiro atoms. The Balaban J connectivity index is 1.75. The summed E-state index contributed by atoms with van der Waals surface area (Å²) in [5.41, 5.74) is 0. The summed E-state index contributed by atoms with van der Waals surface area (Å²) in [6.45, 7) is 8.24. The number of unbranched alkanes of at least 4 members (excludes halogenated alkanes) is 22. The molecule has 1 aliphatic rings. The van der Waals surface area contributed by atoms with Crippen molar-refractivity contribution in [3.63, 3.8) is 0 Å². The van der Waals surface area contributed by atoms with Crippen LogP contribution in [-0.4, -0.2) is 29.6 Å². The van der Waals surface area contributed by atoms with Gasteiger partial charge in [-0.2, -0.15) is 0 Å². The summed E-state index contributed by atoms with van der Waals surface area (Å²) in [7, 11) is 0. The van der Waals surface area contributed by atoms with Gasteiger partial charge in [0.25, 0.3) is 0 Å². The van der Waals surface area contributed by atoms with Crippen LogP contribution >= 0.6 is 0 Å². The number of rotatable bonds is 26. The fourth-order valence-corrected chi connectivity index (χ4v) is 5.12. The maximum Gasteiger partial charge on any atom is 0.0893 e. The third-order valence-corrected chi connectivity index (χ3v) is 7.45. The van der Waals surface area contributed by atoms with Crippen LogP contribution in [0.15, 0.2) is 12.4 Å². The fourth-order valence-electron chi connectivity index (χ4n) is 5.12. The second-order valence-electron chi connectivity index (χ2n) is 10.8. The zero-order valence-electron chi connectivity index (χ0n) is 23.1. The van der Waals surface area contributed by atoms with Crippen molar-refractivity contribution in [1.82, 2.24) is 9.80 Å². The standard InChI is InChI=1S/C31H62N2/c1-3-5-7-9-11-13-14-15-16-17-18-19-20-22-24-26-28-33-30-29-32(31-33)27-25-23-21-12-10-8-6-4-2/h29-30H,3-28,31H2,1-2H3. The average molecular weight is 463 g/mol. The summed E-state index contributed by atoms with van der Waals surface area (Å²) in [6.07, 6.45) is 39.2. The van der Waals surface area contributed by atoms with Gasteiger partial charge < -0.3 is 9.80 Å². The molecule has 1 heterocycles. The zero-order valence-corrected chi connectivity index (χ0v) is 23.1. The topological polar surface area (TPSA) is 6.48 Å². The molecule has 2 heteroatoms. The van der Waals surface area contributed by atoms with E-state index in [2.05, 4.69) is 36.0 Å². The zero-order chi connectivity index (χ0) is 23.7. The van der Waals surface area contributed by atoms with E-state index in [0.29, 0.717) is 0 Å². The molecule has 0 saturated carbocycles. The molecule has 0 aromatic heterocycles. The van der Waals surface area contributed by atoms with Crippen LogP contribution in [0.1, 0.15) is 168 Å². The van der Waals surface area contributed by atoms with Crippen molar-refractivity contribution in [3.8, 4) is 0 Å². The Bertz CT molecular complexity index is 406. The summed E-state index contributed by atoms with van der Waals surface area (Å²) < 4.78 is 0. The van der Waals surface area contributed by atoms with E-state index in [0.717, 1.165) is 6.67 Å². The lowest BCUT2D eigenvalue weighted by Crippen LogP contribution is -2.26. The molecule has 1 aliphatic heterocycles. The number of nitrogens with zero attached hydrogens (tertiary/aromatic N) is 2. The highest BCUT2D eigenvalue weighted by molar-refractivity contribution is 4.90. The average Bonchev–Trinajstić information content (AvgIpc) is 3.28. The highest BCUT2D eigenvalue weighted by Gasteiger charge is 2.10. The molecule has 1 rings (SSSR count). The van der Waals surface area contributed by atoms with E-state index in [1.54, 1.807) is 0 Å². The predicted octanol–water partition coefficient (Wildman–Crippen LogP) is 10.4. The van der Waals surface area contributed by atoms with Gasteiger partial charge in [0, 0.05) is 25.5 Å². The van der Waals surface area contributed by atoms with Gasteiger partial charge in [-0.1, -0.05) is 155 Å². The van der Waals surface area contributed by atoms with Gasteiger partial charge in [0.2, 0.25) is 0 Å². The molecular formula is C31H62N2. The van der Waals surface area contributed by atoms with Crippen LogP contribution in [0.2, 0.25) is 0 Å². The molecular weight excluding hydrogens is 400 g/mol. The lowest BCUT2D eigenvalue weighted by atomic mass is 10.0. The summed E-state index contributed by atoms with van der Waals surface area (Å²) in [6, 6.07) is 0. The molecule has 0 unspecified atom stereocenters. The molecule has 0 atom stereocenters. The maximum atomic E-state index is 2.52. The lowest BCUT2D eigenvalue weighted by Gasteiger charge is -2.21. The van der Waals surface area contributed by atoms with E-state index in [-0.39, 0.29) is 0 Å². The van der Waals surface area contributed by atoms with E-state index in [9.17, 15) is 0 Å². The van der Waals surface area contributed by atoms with Crippen molar-refractivity contribution in [2.75, 3.05) is 19.8 Å². The van der Waals surface area contributed by atoms with Crippen molar-refractivity contribution in [2.24, 2.45) is 0 Å². The van der Waals surface area contributed by atoms with Crippen molar-refractivity contribution in [3.05, 3.63) is 12.4 Å². The molecule has 0 fully saturated rings. The molecule has 2 nitrogen and oxygen atoms in total. The fraction of sp³-hybridized carbons (Fsp3) is 0.935. The van der Waals surface area contributed by atoms with Crippen LogP contribution in [0.4, 0.5) is 0 Å². The number of hydrogen-bond donors (Lipinski definition) is 0. The van der Waals surface area contributed by atoms with Gasteiger partial charge in [0.15, 0.2) is 0 Å². The molecule has 0 radical (unpaired) electrons. The Morgan fingerprint density at radius 3 is 0.879 bits per heavy atom. The van der Waals surface area contributed by atoms with Crippen LogP contribution in [0.25, 0.3) is 0 Å². The molecule has 0 aliphatic carbocycles. The summed E-state index contributed by atoms with van der Waals surface area (Å²) in [5, 5.41) is 0. The maximum absolute atomic E-state index is 2.52. The van der Waals surface area contributed by atoms with Gasteiger partial charge in [0.05, 0.1) is 6.67 Å². The lowest BCUT2D eigenvalue weighted by molar-refractivity contribution is 0.257. The van der Waals surface area contributed by atoms with Crippen LogP contribution in [0, 0.1) is 0 Å². The van der Waals surface area contributed by atoms with Crippen LogP contribution in [0.3, 0.4) is 0 Å². The van der Waals surface area contributed by atoms with Gasteiger partial charge >= 0.3 is 0 Å². The molecule has 0 bridgehead atoms. The van der Waals surface area contributed by atoms with Crippen LogP contribution in [0.5, 0.6) is 0 Å². The second kappa shape index (κ2) is 24.5. The Labute approximate surface area is 210 Å². The normalized spacial score (nSPS) is 13.5. The van der Waals surface area contributed by atoms with E-state index >= 15 is 0 Å². The highest BCUT2D eigenvalue weighted by atomic mass is 15.3. The first-order chi connectivity index (χ1) is 16.4. The summed E-state index contributed by atoms with van der Waals surface area (Å²) in [5.74, 6) is 0. The van der Waals surface area contributed by atoms with Gasteiger partial charge in [-0.25, -0.2) is 0 Å². The van der Waals surface area contributed by atoms with Gasteiger partial charge in [-0.3, -0.25) is 0 Å². The molecule has 33 heavy (non-hydrogen) atoms. The summed E-state index contributed by atoms with van der Waals surface area (Å²) in [4.78, 5) is 5.04. The van der Waals surface area contributed by atoms with E-state index in [1.807, 2.05) is 0 Å². The predicted molar refractivity (Wildman–Crippen MR) is 150 cm³/mol. The van der Waals surface area contributed by atoms with Gasteiger partial charge in [-0.05, 0) is 12.8 Å². The first kappa shape index (κ1) is 30.4. The third-order valence-electron chi connectivity index (χ3n) is 7.45. The largest absolute Gasteiger partial charge is 0.359 e. The molecule has 0 aromatic rings. The molecule has 0 aromatic carbocycles. The van der Waals surface area contributed by atoms with Crippen LogP contribution in [-0.2, 0) is 0 Å². The first-order valence-electron chi connectivity index (χ1n) is 15.5. The summed E-state index contributed by atoms with van der Waals surface area (Å²) >= 11 is 0. The van der Waals surface area contributed by atoms with E-state index in [1.165, 1.54) is 167 Å². The van der Waals surface area contributed by atoms with Crippen molar-refractivity contribution in [1.29, 1.82) is 0 Å². The van der Waals surface area contributed by atoms with Gasteiger partial charge in [-0.15, -0.1) is 0 Å². The minimum atomic E-state index is 1.13. The second-order valence-corrected chi connectivity index (χ2v) is 10.8. The quantitative estimate of drug-likeness (QED) is 0.118. The molecule has 0 N–H and O–H groups in total. The first-order valence-corrected chi connectivity index (χ1v) is 15.5. The molecule has 0 saturated heterocycles. The van der Waals surface area contributed by atoms with E-state index < -0.39 is 0 Å². The minimum absolute atomic E-state index is 1.13. The Hall–Kier alpha value is -0.660. The minimum Gasteiger partial charge on any atom is -0.359 e. The van der Waals surface area contributed by atoms with Crippen LogP contribution < -0.4 is 0 Å². The molecule has 196 valence electrons. The smallest absolute Gasteiger partial charge is 0.0893 e. The van der Waals surface area contributed by atoms with Crippen molar-refractivity contribution in [2.45, 2.75) is 168 Å². The monoisotopic (exact) mass is 462 g/mol. The van der Waals surface area contributed by atoms with Crippen molar-refractivity contribution >= 4 is 0 Å². The highest BCUT2D eigenvalue weighted by Crippen LogP contribution is 2.15. The Morgan fingerprint density at radius 1 is 0.364 bits per heavy atom. The van der Waals surface area contributed by atoms with Crippen molar-refractivity contribution < 1.29 is 0 Å². The molecule has 0 amide bonds. The Kier molecular flexibility index (Phi) is 22.5. The Morgan fingerprint density at radius 2 is 0.606 bits per heavy atom. The van der Waals surface area contributed by atoms with E-state index in [4.69, 9.17) is 0 Å². The third kappa shape index (κ3) is 20.4.